The van der Waals surface area contributed by atoms with Gasteiger partial charge in [0.15, 0.2) is 6.10 Å². The monoisotopic (exact) mass is 221 g/mol. The summed E-state index contributed by atoms with van der Waals surface area (Å²) in [5.41, 5.74) is 2.92. The molecule has 2 rings (SSSR count). The van der Waals surface area contributed by atoms with Crippen LogP contribution in [0.1, 0.15) is 17.2 Å². The Morgan fingerprint density at radius 1 is 1.56 bits per heavy atom. The second-order valence-corrected chi connectivity index (χ2v) is 3.99. The maximum absolute atomic E-state index is 11.2. The Balaban J connectivity index is 2.31. The highest BCUT2D eigenvalue weighted by Gasteiger charge is 2.22. The third-order valence-electron chi connectivity index (χ3n) is 2.98. The predicted molar refractivity (Wildman–Crippen MR) is 60.4 cm³/mol. The molecule has 0 fully saturated rings. The van der Waals surface area contributed by atoms with Crippen molar-refractivity contribution < 1.29 is 14.6 Å². The van der Waals surface area contributed by atoms with Crippen LogP contribution in [-0.2, 0) is 16.0 Å². The van der Waals surface area contributed by atoms with Crippen LogP contribution in [0, 0.1) is 0 Å². The Hall–Kier alpha value is -1.55. The number of carbonyl (C=O) groups excluding carboxylic acids is 1. The van der Waals surface area contributed by atoms with Crippen molar-refractivity contribution in [3.8, 4) is 0 Å². The van der Waals surface area contributed by atoms with Gasteiger partial charge in [-0.2, -0.15) is 0 Å². The Morgan fingerprint density at radius 2 is 2.31 bits per heavy atom. The lowest BCUT2D eigenvalue weighted by atomic mass is 10.1. The number of fused-ring (bicyclic) bond motifs is 1. The molecule has 0 bridgehead atoms. The topological polar surface area (TPSA) is 49.8 Å². The number of aliphatic hydroxyl groups is 1. The van der Waals surface area contributed by atoms with Crippen molar-refractivity contribution in [2.24, 2.45) is 0 Å². The van der Waals surface area contributed by atoms with E-state index in [9.17, 15) is 9.90 Å². The maximum atomic E-state index is 11.2. The average molecular weight is 221 g/mol. The van der Waals surface area contributed by atoms with Gasteiger partial charge in [0.2, 0.25) is 0 Å². The molecule has 86 valence electrons. The van der Waals surface area contributed by atoms with E-state index in [0.29, 0.717) is 5.56 Å². The zero-order valence-corrected chi connectivity index (χ0v) is 9.43. The summed E-state index contributed by atoms with van der Waals surface area (Å²) in [5.74, 6) is -0.624. The summed E-state index contributed by atoms with van der Waals surface area (Å²) in [4.78, 5) is 13.3. The first-order chi connectivity index (χ1) is 7.63. The highest BCUT2D eigenvalue weighted by Crippen LogP contribution is 2.29. The minimum atomic E-state index is -1.19. The van der Waals surface area contributed by atoms with Gasteiger partial charge < -0.3 is 14.7 Å². The molecule has 1 aliphatic rings. The van der Waals surface area contributed by atoms with Crippen molar-refractivity contribution in [3.63, 3.8) is 0 Å². The van der Waals surface area contributed by atoms with Crippen LogP contribution >= 0.6 is 0 Å². The molecule has 1 atom stereocenters. The first-order valence-corrected chi connectivity index (χ1v) is 5.23. The summed E-state index contributed by atoms with van der Waals surface area (Å²) >= 11 is 0. The molecule has 4 nitrogen and oxygen atoms in total. The number of methoxy groups -OCH3 is 1. The van der Waals surface area contributed by atoms with Gasteiger partial charge in [0.05, 0.1) is 7.11 Å². The van der Waals surface area contributed by atoms with Crippen LogP contribution < -0.4 is 4.90 Å². The van der Waals surface area contributed by atoms with Crippen molar-refractivity contribution in [1.29, 1.82) is 0 Å². The van der Waals surface area contributed by atoms with Crippen molar-refractivity contribution >= 4 is 11.7 Å². The number of hydrogen-bond acceptors (Lipinski definition) is 4. The molecule has 0 saturated heterocycles. The Morgan fingerprint density at radius 3 is 3.00 bits per heavy atom. The second-order valence-electron chi connectivity index (χ2n) is 3.99. The Kier molecular flexibility index (Phi) is 2.83. The highest BCUT2D eigenvalue weighted by atomic mass is 16.5. The van der Waals surface area contributed by atoms with E-state index < -0.39 is 12.1 Å². The Labute approximate surface area is 94.4 Å². The molecule has 1 unspecified atom stereocenters. The number of ether oxygens (including phenoxy) is 1. The molecule has 0 aliphatic carbocycles. The van der Waals surface area contributed by atoms with Crippen LogP contribution in [0.4, 0.5) is 5.69 Å². The smallest absolute Gasteiger partial charge is 0.339 e. The van der Waals surface area contributed by atoms with Crippen LogP contribution in [0.3, 0.4) is 0 Å². The summed E-state index contributed by atoms with van der Waals surface area (Å²) in [6, 6.07) is 5.59. The molecule has 1 aromatic rings. The normalized spacial score (nSPS) is 15.8. The molecule has 0 spiro atoms. The van der Waals surface area contributed by atoms with Crippen LogP contribution in [0.15, 0.2) is 18.2 Å². The van der Waals surface area contributed by atoms with Gasteiger partial charge >= 0.3 is 5.97 Å². The maximum Gasteiger partial charge on any atom is 0.339 e. The quantitative estimate of drug-likeness (QED) is 0.753. The van der Waals surface area contributed by atoms with E-state index in [1.165, 1.54) is 12.7 Å². The summed E-state index contributed by atoms with van der Waals surface area (Å²) in [5, 5.41) is 9.71. The van der Waals surface area contributed by atoms with E-state index in [-0.39, 0.29) is 0 Å². The number of hydrogen-bond donors (Lipinski definition) is 1. The molecule has 4 heteroatoms. The van der Waals surface area contributed by atoms with Crippen molar-refractivity contribution in [1.82, 2.24) is 0 Å². The lowest BCUT2D eigenvalue weighted by molar-refractivity contribution is -0.150. The summed E-state index contributed by atoms with van der Waals surface area (Å²) in [7, 11) is 3.27. The van der Waals surface area contributed by atoms with E-state index in [0.717, 1.165) is 18.7 Å². The second kappa shape index (κ2) is 4.14. The summed E-state index contributed by atoms with van der Waals surface area (Å²) in [6.07, 6.45) is -0.176. The Bertz CT molecular complexity index is 417. The van der Waals surface area contributed by atoms with E-state index in [2.05, 4.69) is 9.64 Å². The lowest BCUT2D eigenvalue weighted by Gasteiger charge is -2.14. The summed E-state index contributed by atoms with van der Waals surface area (Å²) < 4.78 is 4.51. The number of rotatable bonds is 2. The van der Waals surface area contributed by atoms with Gasteiger partial charge in [-0.1, -0.05) is 12.1 Å². The number of esters is 1. The molecule has 1 heterocycles. The molecule has 1 aromatic carbocycles. The van der Waals surface area contributed by atoms with Crippen LogP contribution in [0.2, 0.25) is 0 Å². The minimum absolute atomic E-state index is 0.583. The molecule has 1 N–H and O–H groups in total. The fourth-order valence-corrected chi connectivity index (χ4v) is 1.97. The number of anilines is 1. The molecule has 16 heavy (non-hydrogen) atoms. The van der Waals surface area contributed by atoms with Gasteiger partial charge in [-0.05, 0) is 23.6 Å². The minimum Gasteiger partial charge on any atom is -0.467 e. The van der Waals surface area contributed by atoms with Crippen molar-refractivity contribution in [2.45, 2.75) is 12.5 Å². The fourth-order valence-electron chi connectivity index (χ4n) is 1.97. The highest BCUT2D eigenvalue weighted by molar-refractivity contribution is 5.77. The third kappa shape index (κ3) is 1.76. The fraction of sp³-hybridized carbons (Fsp3) is 0.417. The standard InChI is InChI=1S/C12H15NO3/c1-13-6-5-8-3-4-9(7-10(8)13)11(14)12(15)16-2/h3-4,7,11,14H,5-6H2,1-2H3. The number of likely N-dealkylation sites (N-methyl/N-ethyl adjacent to an activating group) is 1. The van der Waals surface area contributed by atoms with Gasteiger partial charge in [-0.25, -0.2) is 4.79 Å². The molecule has 1 aliphatic heterocycles. The first kappa shape index (κ1) is 11.0. The van der Waals surface area contributed by atoms with Crippen LogP contribution in [0.5, 0.6) is 0 Å². The molecule has 0 radical (unpaired) electrons. The van der Waals surface area contributed by atoms with Crippen molar-refractivity contribution in [2.75, 3.05) is 25.6 Å². The van der Waals surface area contributed by atoms with E-state index in [4.69, 9.17) is 0 Å². The summed E-state index contributed by atoms with van der Waals surface area (Å²) in [6.45, 7) is 0.979. The predicted octanol–water partition coefficient (Wildman–Crippen LogP) is 0.885. The van der Waals surface area contributed by atoms with Crippen molar-refractivity contribution in [3.05, 3.63) is 29.3 Å². The number of carbonyl (C=O) groups is 1. The van der Waals surface area contributed by atoms with Crippen LogP contribution in [0.25, 0.3) is 0 Å². The first-order valence-electron chi connectivity index (χ1n) is 5.23. The molecule has 0 aromatic heterocycles. The van der Waals surface area contributed by atoms with Crippen LogP contribution in [-0.4, -0.2) is 31.8 Å². The zero-order chi connectivity index (χ0) is 11.7. The molecule has 0 saturated carbocycles. The van der Waals surface area contributed by atoms with Gasteiger partial charge in [-0.3, -0.25) is 0 Å². The molecular weight excluding hydrogens is 206 g/mol. The molecule has 0 amide bonds. The third-order valence-corrected chi connectivity index (χ3v) is 2.98. The van der Waals surface area contributed by atoms with E-state index in [1.807, 2.05) is 19.2 Å². The van der Waals surface area contributed by atoms with E-state index >= 15 is 0 Å². The van der Waals surface area contributed by atoms with Gasteiger partial charge in [0.25, 0.3) is 0 Å². The van der Waals surface area contributed by atoms with Gasteiger partial charge in [0, 0.05) is 19.3 Å². The van der Waals surface area contributed by atoms with E-state index in [1.54, 1.807) is 6.07 Å². The SMILES string of the molecule is COC(=O)C(O)c1ccc2c(c1)N(C)CC2. The largest absolute Gasteiger partial charge is 0.467 e. The molecular formula is C12H15NO3. The number of nitrogens with zero attached hydrogens (tertiary/aromatic N) is 1. The van der Waals surface area contributed by atoms with Gasteiger partial charge in [0.1, 0.15) is 0 Å². The average Bonchev–Trinajstić information content (AvgIpc) is 2.68. The zero-order valence-electron chi connectivity index (χ0n) is 9.43. The number of aliphatic hydroxyl groups excluding tert-OH is 1. The van der Waals surface area contributed by atoms with Gasteiger partial charge in [-0.15, -0.1) is 0 Å². The number of benzene rings is 1. The lowest BCUT2D eigenvalue weighted by Crippen LogP contribution is -2.15.